The van der Waals surface area contributed by atoms with Crippen LogP contribution >= 0.6 is 0 Å². The van der Waals surface area contributed by atoms with E-state index in [-0.39, 0.29) is 29.6 Å². The van der Waals surface area contributed by atoms with Gasteiger partial charge in [-0.2, -0.15) is 18.2 Å². The molecule has 0 aliphatic rings. The molecule has 0 atom stereocenters. The van der Waals surface area contributed by atoms with E-state index in [0.717, 1.165) is 12.1 Å². The molecule has 0 radical (unpaired) electrons. The molecule has 1 N–H and O–H groups in total. The molecule has 2 aromatic carbocycles. The number of phenols is 1. The first-order chi connectivity index (χ1) is 12.7. The number of carbonyl (C=O) groups is 1. The van der Waals surface area contributed by atoms with Gasteiger partial charge in [-0.25, -0.2) is 4.79 Å². The molecular weight excluding hydrogens is 365 g/mol. The van der Waals surface area contributed by atoms with Crippen molar-refractivity contribution in [2.45, 2.75) is 19.7 Å². The monoisotopic (exact) mass is 378 g/mol. The Labute approximate surface area is 151 Å². The number of alkyl halides is 3. The van der Waals surface area contributed by atoms with Gasteiger partial charge in [-0.05, 0) is 36.8 Å². The minimum atomic E-state index is -4.43. The highest BCUT2D eigenvalue weighted by atomic mass is 19.4. The van der Waals surface area contributed by atoms with E-state index in [4.69, 9.17) is 9.26 Å². The number of carbonyl (C=O) groups excluding carboxylic acids is 1. The minimum absolute atomic E-state index is 0.0189. The summed E-state index contributed by atoms with van der Waals surface area (Å²) in [6.45, 7) is 1.37. The minimum Gasteiger partial charge on any atom is -0.508 e. The number of rotatable bonds is 4. The van der Waals surface area contributed by atoms with Gasteiger partial charge in [0, 0.05) is 5.56 Å². The van der Waals surface area contributed by atoms with Crippen molar-refractivity contribution in [3.63, 3.8) is 0 Å². The number of esters is 1. The summed E-state index contributed by atoms with van der Waals surface area (Å²) in [5.41, 5.74) is 0.309. The van der Waals surface area contributed by atoms with Crippen molar-refractivity contribution in [1.29, 1.82) is 0 Å². The maximum atomic E-state index is 12.6. The molecular formula is C18H13F3N2O4. The van der Waals surface area contributed by atoms with Gasteiger partial charge in [0.05, 0.1) is 11.1 Å². The summed E-state index contributed by atoms with van der Waals surface area (Å²) < 4.78 is 47.7. The van der Waals surface area contributed by atoms with E-state index < -0.39 is 17.7 Å². The average Bonchev–Trinajstić information content (AvgIpc) is 3.10. The van der Waals surface area contributed by atoms with E-state index in [0.29, 0.717) is 11.1 Å². The van der Waals surface area contributed by atoms with E-state index in [1.165, 1.54) is 24.3 Å². The number of aromatic hydroxyl groups is 1. The van der Waals surface area contributed by atoms with Crippen molar-refractivity contribution in [3.8, 4) is 17.1 Å². The Bertz CT molecular complexity index is 965. The van der Waals surface area contributed by atoms with Gasteiger partial charge in [-0.3, -0.25) is 0 Å². The number of nitrogens with zero attached hydrogens (tertiary/aromatic N) is 2. The molecule has 3 aromatic rings. The maximum Gasteiger partial charge on any atom is 0.416 e. The molecule has 0 aliphatic heterocycles. The molecule has 3 rings (SSSR count). The van der Waals surface area contributed by atoms with Crippen LogP contribution < -0.4 is 0 Å². The van der Waals surface area contributed by atoms with E-state index in [2.05, 4.69) is 10.1 Å². The fraction of sp³-hybridized carbons (Fsp3) is 0.167. The van der Waals surface area contributed by atoms with Crippen LogP contribution in [-0.2, 0) is 17.5 Å². The zero-order valence-electron chi connectivity index (χ0n) is 13.9. The number of phenolic OH excluding ortho intramolecular Hbond substituents is 1. The van der Waals surface area contributed by atoms with Gasteiger partial charge in [0.15, 0.2) is 6.61 Å². The predicted molar refractivity (Wildman–Crippen MR) is 86.7 cm³/mol. The zero-order chi connectivity index (χ0) is 19.6. The summed E-state index contributed by atoms with van der Waals surface area (Å²) >= 11 is 0. The largest absolute Gasteiger partial charge is 0.508 e. The third-order valence-electron chi connectivity index (χ3n) is 3.71. The van der Waals surface area contributed by atoms with Crippen molar-refractivity contribution in [1.82, 2.24) is 10.1 Å². The molecule has 0 unspecified atom stereocenters. The van der Waals surface area contributed by atoms with Crippen LogP contribution in [0.2, 0.25) is 0 Å². The normalized spacial score (nSPS) is 11.4. The van der Waals surface area contributed by atoms with Crippen LogP contribution in [0.15, 0.2) is 47.0 Å². The summed E-state index contributed by atoms with van der Waals surface area (Å²) in [7, 11) is 0. The molecule has 0 fully saturated rings. The van der Waals surface area contributed by atoms with Gasteiger partial charge in [0.1, 0.15) is 5.75 Å². The van der Waals surface area contributed by atoms with Crippen LogP contribution in [0.3, 0.4) is 0 Å². The Kier molecular flexibility index (Phi) is 4.85. The van der Waals surface area contributed by atoms with E-state index in [9.17, 15) is 23.1 Å². The van der Waals surface area contributed by atoms with Crippen LogP contribution in [0.25, 0.3) is 11.4 Å². The van der Waals surface area contributed by atoms with Gasteiger partial charge < -0.3 is 14.4 Å². The van der Waals surface area contributed by atoms with Gasteiger partial charge in [-0.15, -0.1) is 0 Å². The Morgan fingerprint density at radius 3 is 2.52 bits per heavy atom. The zero-order valence-corrected chi connectivity index (χ0v) is 13.9. The number of hydrogen-bond donors (Lipinski definition) is 1. The predicted octanol–water partition coefficient (Wildman–Crippen LogP) is 4.13. The highest BCUT2D eigenvalue weighted by molar-refractivity contribution is 5.89. The molecule has 0 saturated carbocycles. The summed E-state index contributed by atoms with van der Waals surface area (Å²) in [6, 6.07) is 8.61. The molecule has 6 nitrogen and oxygen atoms in total. The molecule has 0 amide bonds. The van der Waals surface area contributed by atoms with E-state index >= 15 is 0 Å². The number of hydrogen-bond acceptors (Lipinski definition) is 6. The third kappa shape index (κ3) is 4.25. The molecule has 27 heavy (non-hydrogen) atoms. The van der Waals surface area contributed by atoms with Crippen LogP contribution in [0.4, 0.5) is 13.2 Å². The van der Waals surface area contributed by atoms with Crippen molar-refractivity contribution in [2.24, 2.45) is 0 Å². The first-order valence-electron chi connectivity index (χ1n) is 7.71. The van der Waals surface area contributed by atoms with E-state index in [1.807, 2.05) is 0 Å². The number of aryl methyl sites for hydroxylation is 1. The number of ether oxygens (including phenoxy) is 1. The lowest BCUT2D eigenvalue weighted by molar-refractivity contribution is -0.137. The first kappa shape index (κ1) is 18.4. The molecule has 1 aromatic heterocycles. The Balaban J connectivity index is 1.65. The molecule has 140 valence electrons. The molecule has 9 heteroatoms. The summed E-state index contributed by atoms with van der Waals surface area (Å²) in [4.78, 5) is 15.9. The molecule has 0 spiro atoms. The number of benzene rings is 2. The second-order valence-corrected chi connectivity index (χ2v) is 5.66. The first-order valence-corrected chi connectivity index (χ1v) is 7.71. The number of halogens is 3. The third-order valence-corrected chi connectivity index (χ3v) is 3.71. The van der Waals surface area contributed by atoms with Crippen LogP contribution in [0.1, 0.15) is 27.4 Å². The molecule has 1 heterocycles. The molecule has 0 bridgehead atoms. The van der Waals surface area contributed by atoms with Gasteiger partial charge in [-0.1, -0.05) is 23.4 Å². The lowest BCUT2D eigenvalue weighted by atomic mass is 10.1. The Morgan fingerprint density at radius 1 is 1.19 bits per heavy atom. The van der Waals surface area contributed by atoms with Crippen molar-refractivity contribution >= 4 is 5.97 Å². The Hall–Kier alpha value is -3.36. The highest BCUT2D eigenvalue weighted by Gasteiger charge is 2.30. The van der Waals surface area contributed by atoms with Gasteiger partial charge in [0.25, 0.3) is 5.89 Å². The summed E-state index contributed by atoms with van der Waals surface area (Å²) in [5, 5.41) is 13.3. The molecule has 0 aliphatic carbocycles. The lowest BCUT2D eigenvalue weighted by Crippen LogP contribution is -2.05. The summed E-state index contributed by atoms with van der Waals surface area (Å²) in [6.07, 6.45) is -4.43. The SMILES string of the molecule is Cc1ccc(C(=O)OCc2nc(-c3ccc(C(F)(F)F)cc3)no2)cc1O. The van der Waals surface area contributed by atoms with Crippen LogP contribution in [0.5, 0.6) is 5.75 Å². The van der Waals surface area contributed by atoms with Crippen LogP contribution in [-0.4, -0.2) is 21.2 Å². The van der Waals surface area contributed by atoms with Gasteiger partial charge in [0.2, 0.25) is 5.82 Å². The Morgan fingerprint density at radius 2 is 1.89 bits per heavy atom. The molecule has 0 saturated heterocycles. The second kappa shape index (κ2) is 7.10. The lowest BCUT2D eigenvalue weighted by Gasteiger charge is -2.05. The topological polar surface area (TPSA) is 85.5 Å². The van der Waals surface area contributed by atoms with E-state index in [1.54, 1.807) is 13.0 Å². The number of aromatic nitrogens is 2. The smallest absolute Gasteiger partial charge is 0.416 e. The summed E-state index contributed by atoms with van der Waals surface area (Å²) in [5.74, 6) is -0.677. The standard InChI is InChI=1S/C18H13F3N2O4/c1-10-2-3-12(8-14(10)24)17(25)26-9-15-22-16(23-27-15)11-4-6-13(7-5-11)18(19,20)21/h2-8,24H,9H2,1H3. The van der Waals surface area contributed by atoms with Crippen molar-refractivity contribution < 1.29 is 32.3 Å². The highest BCUT2D eigenvalue weighted by Crippen LogP contribution is 2.30. The van der Waals surface area contributed by atoms with Crippen LogP contribution in [0, 0.1) is 6.92 Å². The fourth-order valence-electron chi connectivity index (χ4n) is 2.19. The van der Waals surface area contributed by atoms with Crippen molar-refractivity contribution in [3.05, 3.63) is 65.0 Å². The maximum absolute atomic E-state index is 12.6. The van der Waals surface area contributed by atoms with Gasteiger partial charge >= 0.3 is 12.1 Å². The van der Waals surface area contributed by atoms with Crippen molar-refractivity contribution in [2.75, 3.05) is 0 Å². The quantitative estimate of drug-likeness (QED) is 0.687. The fourth-order valence-corrected chi connectivity index (χ4v) is 2.19. The second-order valence-electron chi connectivity index (χ2n) is 5.66. The average molecular weight is 378 g/mol.